The minimum Gasteiger partial charge on any atom is -0.790 e. The number of aliphatic hydroxyl groups is 1. The molecule has 1 aliphatic heterocycles. The number of phosphoric acid groups is 1. The Morgan fingerprint density at radius 1 is 1.24 bits per heavy atom. The summed E-state index contributed by atoms with van der Waals surface area (Å²) in [5, 5.41) is 14.3. The summed E-state index contributed by atoms with van der Waals surface area (Å²) in [7, 11) is -5.33. The van der Waals surface area contributed by atoms with Gasteiger partial charge in [0.05, 0.1) is 27.1 Å². The van der Waals surface area contributed by atoms with Gasteiger partial charge in [-0.05, 0) is 6.92 Å². The summed E-state index contributed by atoms with van der Waals surface area (Å²) in [5.74, 6) is 0. The van der Waals surface area contributed by atoms with Gasteiger partial charge < -0.3 is 39.4 Å². The molecule has 0 bridgehead atoms. The Labute approximate surface area is 230 Å². The molecule has 2 aromatic rings. The maximum atomic E-state index is 12.2. The molecule has 14 nitrogen and oxygen atoms in total. The van der Waals surface area contributed by atoms with E-state index in [0.717, 1.165) is 4.57 Å². The number of anilines is 2. The number of ether oxygens (including phenoxy) is 1. The first-order valence-corrected chi connectivity index (χ1v) is 10.6. The van der Waals surface area contributed by atoms with E-state index in [1.165, 1.54) is 13.1 Å². The molecule has 2 heterocycles. The Kier molecular flexibility index (Phi) is 11.4. The number of aromatic amines is 1. The molecule has 33 heavy (non-hydrogen) atoms. The maximum absolute atomic E-state index is 12.2. The zero-order chi connectivity index (χ0) is 22.9. The van der Waals surface area contributed by atoms with Crippen LogP contribution in [0.25, 0.3) is 0 Å². The summed E-state index contributed by atoms with van der Waals surface area (Å²) < 4.78 is 21.9. The molecule has 3 atom stereocenters. The number of H-pyrrole nitrogens is 1. The Hall–Kier alpha value is -0.610. The second kappa shape index (κ2) is 12.4. The molecule has 1 fully saturated rings. The van der Waals surface area contributed by atoms with Crippen LogP contribution in [0.3, 0.4) is 0 Å². The van der Waals surface area contributed by atoms with Crippen molar-refractivity contribution in [2.45, 2.75) is 31.7 Å². The van der Waals surface area contributed by atoms with Crippen LogP contribution in [-0.2, 0) is 13.8 Å². The SMILES string of the molecule is Cc1cn([C@H]2C[C@H](Nc3c(NCCO)c(=O)c3=O)[C@@H](COP(=O)([O-])[O-])O2)c(=O)[nH]c1=O.[Na+].[Na+]. The number of aryl methyl sites for hydroxylation is 1. The van der Waals surface area contributed by atoms with Gasteiger partial charge in [-0.25, -0.2) is 4.79 Å². The van der Waals surface area contributed by atoms with Crippen LogP contribution in [-0.4, -0.2) is 46.6 Å². The Bertz CT molecular complexity index is 1200. The fourth-order valence-corrected chi connectivity index (χ4v) is 3.57. The molecule has 0 unspecified atom stereocenters. The molecule has 1 aromatic heterocycles. The zero-order valence-corrected chi connectivity index (χ0v) is 23.0. The van der Waals surface area contributed by atoms with Crippen molar-refractivity contribution in [3.05, 3.63) is 53.0 Å². The van der Waals surface area contributed by atoms with Crippen LogP contribution >= 0.6 is 7.82 Å². The first-order chi connectivity index (χ1) is 14.5. The van der Waals surface area contributed by atoms with Crippen LogP contribution in [0.1, 0.15) is 18.2 Å². The zero-order valence-electron chi connectivity index (χ0n) is 18.2. The van der Waals surface area contributed by atoms with Crippen molar-refractivity contribution in [1.82, 2.24) is 9.55 Å². The molecule has 0 spiro atoms. The molecule has 1 aromatic carbocycles. The summed E-state index contributed by atoms with van der Waals surface area (Å²) in [6.45, 7) is 0.482. The summed E-state index contributed by atoms with van der Waals surface area (Å²) in [6.07, 6.45) is -0.841. The molecule has 0 aliphatic carbocycles. The number of aliphatic hydroxyl groups excluding tert-OH is 1. The molecule has 0 radical (unpaired) electrons. The third kappa shape index (κ3) is 7.19. The van der Waals surface area contributed by atoms with E-state index in [4.69, 9.17) is 9.84 Å². The van der Waals surface area contributed by atoms with Crippen LogP contribution in [0.2, 0.25) is 0 Å². The molecule has 17 heteroatoms. The fraction of sp³-hybridized carbons (Fsp3) is 0.500. The average Bonchev–Trinajstić information content (AvgIpc) is 3.10. The minimum atomic E-state index is -5.33. The Balaban J connectivity index is 0.00000272. The van der Waals surface area contributed by atoms with E-state index in [1.54, 1.807) is 0 Å². The van der Waals surface area contributed by atoms with Gasteiger partial charge in [-0.2, -0.15) is 0 Å². The second-order valence-corrected chi connectivity index (χ2v) is 8.05. The van der Waals surface area contributed by atoms with Gasteiger partial charge >= 0.3 is 64.8 Å². The molecule has 3 rings (SSSR count). The molecule has 1 saturated heterocycles. The van der Waals surface area contributed by atoms with E-state index in [1.807, 2.05) is 0 Å². The molecular weight excluding hydrogens is 485 g/mol. The van der Waals surface area contributed by atoms with Gasteiger partial charge in [-0.15, -0.1) is 0 Å². The maximum Gasteiger partial charge on any atom is 1.00 e. The topological polar surface area (TPSA) is 215 Å². The minimum absolute atomic E-state index is 0. The van der Waals surface area contributed by atoms with Crippen molar-refractivity contribution in [2.75, 3.05) is 30.4 Å². The van der Waals surface area contributed by atoms with Crippen LogP contribution in [0.15, 0.2) is 25.4 Å². The third-order valence-corrected chi connectivity index (χ3v) is 5.21. The van der Waals surface area contributed by atoms with E-state index >= 15 is 0 Å². The van der Waals surface area contributed by atoms with Crippen LogP contribution in [0.4, 0.5) is 11.4 Å². The van der Waals surface area contributed by atoms with E-state index in [2.05, 4.69) is 20.1 Å². The quantitative estimate of drug-likeness (QED) is 0.142. The van der Waals surface area contributed by atoms with E-state index < -0.39 is 54.9 Å². The standard InChI is InChI=1S/C16H21N4O10P.2Na/c1-7-5-20(16(25)19-15(7)24)10-4-8(9(30-10)6-29-31(26,27)28)18-12-11(17-2-3-21)13(22)14(12)23;;/h5,8-10,17-18,21H,2-4,6H2,1H3,(H,19,24,25)(H2,26,27,28);;/q;2*+1/p-2/t8-,9+,10+;;/m0../s1. The van der Waals surface area contributed by atoms with Gasteiger partial charge in [0.15, 0.2) is 0 Å². The van der Waals surface area contributed by atoms with Gasteiger partial charge in [0, 0.05) is 24.7 Å². The Morgan fingerprint density at radius 3 is 2.48 bits per heavy atom. The van der Waals surface area contributed by atoms with Crippen molar-refractivity contribution < 1.29 is 87.8 Å². The molecule has 4 N–H and O–H groups in total. The number of nitrogens with one attached hydrogen (secondary N) is 3. The van der Waals surface area contributed by atoms with E-state index in [-0.39, 0.29) is 95.6 Å². The molecule has 0 amide bonds. The van der Waals surface area contributed by atoms with Gasteiger partial charge in [0.25, 0.3) is 16.4 Å². The van der Waals surface area contributed by atoms with Crippen molar-refractivity contribution in [3.8, 4) is 0 Å². The summed E-state index contributed by atoms with van der Waals surface area (Å²) in [4.78, 5) is 71.3. The summed E-state index contributed by atoms with van der Waals surface area (Å²) >= 11 is 0. The molecular formula is C16H19N4Na2O10P. The second-order valence-electron chi connectivity index (χ2n) is 6.90. The fourth-order valence-electron chi connectivity index (χ4n) is 3.24. The Morgan fingerprint density at radius 2 is 1.88 bits per heavy atom. The van der Waals surface area contributed by atoms with Crippen molar-refractivity contribution >= 4 is 19.2 Å². The number of aromatic nitrogens is 2. The summed E-state index contributed by atoms with van der Waals surface area (Å²) in [5.41, 5.74) is -2.94. The number of hydrogen-bond acceptors (Lipinski definition) is 12. The van der Waals surface area contributed by atoms with Crippen molar-refractivity contribution in [1.29, 1.82) is 0 Å². The molecule has 1 aliphatic rings. The largest absolute Gasteiger partial charge is 1.00 e. The van der Waals surface area contributed by atoms with Gasteiger partial charge in [0.2, 0.25) is 0 Å². The monoisotopic (exact) mass is 504 g/mol. The smallest absolute Gasteiger partial charge is 0.790 e. The number of hydrogen-bond donors (Lipinski definition) is 4. The first-order valence-electron chi connectivity index (χ1n) is 9.10. The van der Waals surface area contributed by atoms with Crippen LogP contribution in [0, 0.1) is 6.92 Å². The average molecular weight is 504 g/mol. The predicted molar refractivity (Wildman–Crippen MR) is 102 cm³/mol. The van der Waals surface area contributed by atoms with Gasteiger partial charge in [-0.3, -0.25) is 23.9 Å². The van der Waals surface area contributed by atoms with Gasteiger partial charge in [-0.1, -0.05) is 0 Å². The number of phosphoric ester groups is 1. The van der Waals surface area contributed by atoms with Crippen molar-refractivity contribution in [2.24, 2.45) is 0 Å². The van der Waals surface area contributed by atoms with E-state index in [9.17, 15) is 33.5 Å². The van der Waals surface area contributed by atoms with Crippen LogP contribution < -0.4 is 102 Å². The van der Waals surface area contributed by atoms with Crippen molar-refractivity contribution in [3.63, 3.8) is 0 Å². The number of rotatable bonds is 9. The van der Waals surface area contributed by atoms with Gasteiger partial charge in [0.1, 0.15) is 23.7 Å². The van der Waals surface area contributed by atoms with Crippen LogP contribution in [0.5, 0.6) is 0 Å². The summed E-state index contributed by atoms with van der Waals surface area (Å²) in [6, 6.07) is -0.839. The molecule has 0 saturated carbocycles. The number of nitrogens with zero attached hydrogens (tertiary/aromatic N) is 1. The van der Waals surface area contributed by atoms with E-state index in [0.29, 0.717) is 0 Å². The predicted octanol–water partition coefficient (Wildman–Crippen LogP) is -9.53. The third-order valence-electron chi connectivity index (χ3n) is 4.74. The normalized spacial score (nSPS) is 20.2. The molecule has 170 valence electrons. The first kappa shape index (κ1) is 30.4.